The summed E-state index contributed by atoms with van der Waals surface area (Å²) in [6.45, 7) is 8.32. The Morgan fingerprint density at radius 2 is 1.95 bits per heavy atom. The molecule has 3 atom stereocenters. The van der Waals surface area contributed by atoms with Gasteiger partial charge in [0.1, 0.15) is 5.75 Å². The second kappa shape index (κ2) is 8.77. The van der Waals surface area contributed by atoms with Gasteiger partial charge in [-0.3, -0.25) is 0 Å². The van der Waals surface area contributed by atoms with Crippen LogP contribution in [0.4, 0.5) is 0 Å². The van der Waals surface area contributed by atoms with E-state index in [-0.39, 0.29) is 12.0 Å². The van der Waals surface area contributed by atoms with E-state index in [2.05, 4.69) is 13.5 Å². The minimum absolute atomic E-state index is 0.0482. The molecule has 1 N–H and O–H groups in total. The van der Waals surface area contributed by atoms with Crippen molar-refractivity contribution in [2.45, 2.75) is 45.5 Å². The lowest BCUT2D eigenvalue weighted by atomic mass is 9.94. The smallest absolute Gasteiger partial charge is 0.118 e. The van der Waals surface area contributed by atoms with E-state index < -0.39 is 6.10 Å². The van der Waals surface area contributed by atoms with Crippen LogP contribution in [0, 0.1) is 5.92 Å². The van der Waals surface area contributed by atoms with E-state index in [1.807, 2.05) is 31.2 Å². The summed E-state index contributed by atoms with van der Waals surface area (Å²) in [5.74, 6) is 0.937. The molecule has 0 spiro atoms. The molecule has 112 valence electrons. The number of methoxy groups -OCH3 is 1. The molecule has 0 radical (unpaired) electrons. The Balaban J connectivity index is 2.53. The summed E-state index contributed by atoms with van der Waals surface area (Å²) in [7, 11) is 1.65. The largest absolute Gasteiger partial charge is 0.497 e. The van der Waals surface area contributed by atoms with Crippen LogP contribution in [0.25, 0.3) is 0 Å². The summed E-state index contributed by atoms with van der Waals surface area (Å²) in [6, 6.07) is 7.85. The third-order valence-electron chi connectivity index (χ3n) is 3.63. The normalized spacial score (nSPS) is 15.4. The van der Waals surface area contributed by atoms with Crippen molar-refractivity contribution >= 4 is 0 Å². The van der Waals surface area contributed by atoms with Gasteiger partial charge in [-0.15, -0.1) is 6.58 Å². The predicted molar refractivity (Wildman–Crippen MR) is 81.8 cm³/mol. The van der Waals surface area contributed by atoms with Crippen LogP contribution in [0.1, 0.15) is 32.3 Å². The first-order chi connectivity index (χ1) is 9.62. The topological polar surface area (TPSA) is 38.7 Å². The van der Waals surface area contributed by atoms with Crippen molar-refractivity contribution in [1.82, 2.24) is 0 Å². The maximum Gasteiger partial charge on any atom is 0.118 e. The molecule has 0 aliphatic carbocycles. The molecule has 0 saturated heterocycles. The van der Waals surface area contributed by atoms with Gasteiger partial charge >= 0.3 is 0 Å². The van der Waals surface area contributed by atoms with Crippen LogP contribution in [0.3, 0.4) is 0 Å². The van der Waals surface area contributed by atoms with E-state index in [9.17, 15) is 5.11 Å². The average Bonchev–Trinajstić information content (AvgIpc) is 2.48. The Labute approximate surface area is 122 Å². The second-order valence-corrected chi connectivity index (χ2v) is 5.06. The van der Waals surface area contributed by atoms with Gasteiger partial charge in [0.15, 0.2) is 0 Å². The van der Waals surface area contributed by atoms with Gasteiger partial charge < -0.3 is 14.6 Å². The van der Waals surface area contributed by atoms with Crippen molar-refractivity contribution in [2.75, 3.05) is 7.11 Å². The second-order valence-electron chi connectivity index (χ2n) is 5.06. The first-order valence-corrected chi connectivity index (χ1v) is 7.15. The highest BCUT2D eigenvalue weighted by Gasteiger charge is 2.22. The number of ether oxygens (including phenoxy) is 2. The molecule has 20 heavy (non-hydrogen) atoms. The van der Waals surface area contributed by atoms with Gasteiger partial charge in [0, 0.05) is 5.92 Å². The van der Waals surface area contributed by atoms with Crippen LogP contribution in [0.2, 0.25) is 0 Å². The van der Waals surface area contributed by atoms with E-state index in [0.29, 0.717) is 13.0 Å². The van der Waals surface area contributed by atoms with Crippen LogP contribution in [0.15, 0.2) is 36.9 Å². The van der Waals surface area contributed by atoms with E-state index >= 15 is 0 Å². The van der Waals surface area contributed by atoms with E-state index in [0.717, 1.165) is 17.7 Å². The molecule has 0 bridgehead atoms. The summed E-state index contributed by atoms with van der Waals surface area (Å²) >= 11 is 0. The maximum atomic E-state index is 10.0. The van der Waals surface area contributed by atoms with E-state index in [1.165, 1.54) is 0 Å². The zero-order chi connectivity index (χ0) is 15.0. The molecule has 1 aromatic rings. The molecule has 0 fully saturated rings. The van der Waals surface area contributed by atoms with Crippen LogP contribution in [-0.2, 0) is 11.3 Å². The highest BCUT2D eigenvalue weighted by atomic mass is 16.5. The molecule has 0 amide bonds. The zero-order valence-electron chi connectivity index (χ0n) is 12.7. The van der Waals surface area contributed by atoms with Crippen molar-refractivity contribution in [3.05, 3.63) is 42.5 Å². The molecule has 0 saturated carbocycles. The van der Waals surface area contributed by atoms with Gasteiger partial charge in [-0.2, -0.15) is 0 Å². The van der Waals surface area contributed by atoms with Crippen LogP contribution < -0.4 is 4.74 Å². The van der Waals surface area contributed by atoms with Crippen molar-refractivity contribution in [1.29, 1.82) is 0 Å². The van der Waals surface area contributed by atoms with Gasteiger partial charge in [0.25, 0.3) is 0 Å². The Morgan fingerprint density at radius 3 is 2.45 bits per heavy atom. The molecule has 0 aliphatic rings. The molecule has 0 aromatic heterocycles. The number of rotatable bonds is 9. The van der Waals surface area contributed by atoms with Gasteiger partial charge in [-0.05, 0) is 30.5 Å². The lowest BCUT2D eigenvalue weighted by Crippen LogP contribution is -2.30. The SMILES string of the molecule is C=CC[C@@H](O)[C@@H](C)[C@@H](CC)OCc1ccc(OC)cc1. The van der Waals surface area contributed by atoms with Crippen LogP contribution >= 0.6 is 0 Å². The predicted octanol–water partition coefficient (Wildman–Crippen LogP) is 3.56. The number of hydrogen-bond acceptors (Lipinski definition) is 3. The van der Waals surface area contributed by atoms with Gasteiger partial charge in [-0.1, -0.05) is 32.1 Å². The summed E-state index contributed by atoms with van der Waals surface area (Å²) in [6.07, 6.45) is 2.88. The van der Waals surface area contributed by atoms with Crippen molar-refractivity contribution in [3.8, 4) is 5.75 Å². The molecule has 1 rings (SSSR count). The first-order valence-electron chi connectivity index (χ1n) is 7.15. The first kappa shape index (κ1) is 16.7. The molecule has 3 nitrogen and oxygen atoms in total. The van der Waals surface area contributed by atoms with Crippen molar-refractivity contribution in [3.63, 3.8) is 0 Å². The number of hydrogen-bond donors (Lipinski definition) is 1. The molecular weight excluding hydrogens is 252 g/mol. The van der Waals surface area contributed by atoms with Gasteiger partial charge in [0.05, 0.1) is 25.9 Å². The summed E-state index contributed by atoms with van der Waals surface area (Å²) < 4.78 is 11.1. The minimum atomic E-state index is -0.395. The van der Waals surface area contributed by atoms with Crippen molar-refractivity contribution in [2.24, 2.45) is 5.92 Å². The molecule has 0 aliphatic heterocycles. The third-order valence-corrected chi connectivity index (χ3v) is 3.63. The molecular formula is C17H26O3. The average molecular weight is 278 g/mol. The van der Waals surface area contributed by atoms with Crippen molar-refractivity contribution < 1.29 is 14.6 Å². The summed E-state index contributed by atoms with van der Waals surface area (Å²) in [5, 5.41) is 10.0. The summed E-state index contributed by atoms with van der Waals surface area (Å²) in [4.78, 5) is 0. The molecule has 0 unspecified atom stereocenters. The van der Waals surface area contributed by atoms with Gasteiger partial charge in [-0.25, -0.2) is 0 Å². The lowest BCUT2D eigenvalue weighted by Gasteiger charge is -2.27. The fourth-order valence-corrected chi connectivity index (χ4v) is 2.20. The standard InChI is InChI=1S/C17H26O3/c1-5-7-16(18)13(3)17(6-2)20-12-14-8-10-15(19-4)11-9-14/h5,8-11,13,16-18H,1,6-7,12H2,2-4H3/t13-,16-,17-/m1/s1. The third kappa shape index (κ3) is 4.99. The Morgan fingerprint density at radius 1 is 1.30 bits per heavy atom. The Kier molecular flexibility index (Phi) is 7.34. The summed E-state index contributed by atoms with van der Waals surface area (Å²) in [5.41, 5.74) is 1.11. The van der Waals surface area contributed by atoms with Crippen LogP contribution in [0.5, 0.6) is 5.75 Å². The number of benzene rings is 1. The van der Waals surface area contributed by atoms with Gasteiger partial charge in [0.2, 0.25) is 0 Å². The van der Waals surface area contributed by atoms with E-state index in [1.54, 1.807) is 13.2 Å². The fraction of sp³-hybridized carbons (Fsp3) is 0.529. The fourth-order valence-electron chi connectivity index (χ4n) is 2.20. The molecule has 3 heteroatoms. The Bertz CT molecular complexity index is 386. The minimum Gasteiger partial charge on any atom is -0.497 e. The number of aliphatic hydroxyl groups is 1. The Hall–Kier alpha value is -1.32. The quantitative estimate of drug-likeness (QED) is 0.702. The monoisotopic (exact) mass is 278 g/mol. The molecule has 1 aromatic carbocycles. The molecule has 0 heterocycles. The van der Waals surface area contributed by atoms with E-state index in [4.69, 9.17) is 9.47 Å². The number of aliphatic hydroxyl groups excluding tert-OH is 1. The zero-order valence-corrected chi connectivity index (χ0v) is 12.7. The lowest BCUT2D eigenvalue weighted by molar-refractivity contribution is -0.0387. The van der Waals surface area contributed by atoms with Crippen LogP contribution in [-0.4, -0.2) is 24.4 Å². The maximum absolute atomic E-state index is 10.0. The highest BCUT2D eigenvalue weighted by molar-refractivity contribution is 5.26. The highest BCUT2D eigenvalue weighted by Crippen LogP contribution is 2.20.